The Bertz CT molecular complexity index is 819. The predicted octanol–water partition coefficient (Wildman–Crippen LogP) is 4.23. The normalized spacial score (nSPS) is 12.1. The molecule has 0 bridgehead atoms. The molecule has 0 aliphatic heterocycles. The standard InChI is InChI=1S/C16H15ClN4OS2/c1-10(15(22)18-12-5-2-4-11(17)8-12)24-16-19-14(20-21-16)9-13-6-3-7-23-13/h2-8,10H,9H2,1H3,(H,18,22)(H,19,20,21). The second kappa shape index (κ2) is 7.83. The lowest BCUT2D eigenvalue weighted by molar-refractivity contribution is -0.115. The number of carbonyl (C=O) groups is 1. The minimum absolute atomic E-state index is 0.119. The Morgan fingerprint density at radius 3 is 3.04 bits per heavy atom. The van der Waals surface area contributed by atoms with Crippen molar-refractivity contribution >= 4 is 46.3 Å². The zero-order valence-corrected chi connectivity index (χ0v) is 15.2. The maximum absolute atomic E-state index is 12.3. The van der Waals surface area contributed by atoms with Gasteiger partial charge in [0, 0.05) is 22.0 Å². The van der Waals surface area contributed by atoms with Gasteiger partial charge in [-0.15, -0.1) is 16.4 Å². The van der Waals surface area contributed by atoms with Gasteiger partial charge in [0.25, 0.3) is 0 Å². The lowest BCUT2D eigenvalue weighted by Gasteiger charge is -2.10. The van der Waals surface area contributed by atoms with Crippen LogP contribution in [-0.4, -0.2) is 26.3 Å². The molecule has 0 saturated heterocycles. The predicted molar refractivity (Wildman–Crippen MR) is 98.9 cm³/mol. The Morgan fingerprint density at radius 1 is 1.42 bits per heavy atom. The number of amides is 1. The monoisotopic (exact) mass is 378 g/mol. The number of nitrogens with zero attached hydrogens (tertiary/aromatic N) is 2. The molecule has 3 rings (SSSR count). The van der Waals surface area contributed by atoms with E-state index >= 15 is 0 Å². The summed E-state index contributed by atoms with van der Waals surface area (Å²) in [6.45, 7) is 1.82. The van der Waals surface area contributed by atoms with Crippen LogP contribution in [0.25, 0.3) is 0 Å². The summed E-state index contributed by atoms with van der Waals surface area (Å²) in [4.78, 5) is 17.9. The lowest BCUT2D eigenvalue weighted by Crippen LogP contribution is -2.22. The summed E-state index contributed by atoms with van der Waals surface area (Å²) in [5.41, 5.74) is 0.674. The fraction of sp³-hybridized carbons (Fsp3) is 0.188. The summed E-state index contributed by atoms with van der Waals surface area (Å²) in [7, 11) is 0. The number of halogens is 1. The third-order valence-corrected chi connectivity index (χ3v) is 5.25. The molecule has 3 aromatic rings. The SMILES string of the molecule is CC(Sc1n[nH]c(Cc2cccs2)n1)C(=O)Nc1cccc(Cl)c1. The van der Waals surface area contributed by atoms with Crippen molar-refractivity contribution in [2.45, 2.75) is 23.8 Å². The van der Waals surface area contributed by atoms with Crippen LogP contribution in [0, 0.1) is 0 Å². The van der Waals surface area contributed by atoms with Crippen molar-refractivity contribution in [3.8, 4) is 0 Å². The highest BCUT2D eigenvalue weighted by atomic mass is 35.5. The highest BCUT2D eigenvalue weighted by Gasteiger charge is 2.17. The van der Waals surface area contributed by atoms with Gasteiger partial charge in [-0.1, -0.05) is 35.5 Å². The third-order valence-electron chi connectivity index (χ3n) is 3.18. The molecule has 2 aromatic heterocycles. The average molecular weight is 379 g/mol. The van der Waals surface area contributed by atoms with Crippen LogP contribution in [0.15, 0.2) is 46.9 Å². The number of hydrogen-bond donors (Lipinski definition) is 2. The van der Waals surface area contributed by atoms with Crippen LogP contribution < -0.4 is 5.32 Å². The van der Waals surface area contributed by atoms with E-state index in [1.165, 1.54) is 16.6 Å². The molecule has 1 atom stereocenters. The van der Waals surface area contributed by atoms with Gasteiger partial charge in [0.15, 0.2) is 0 Å². The quantitative estimate of drug-likeness (QED) is 0.629. The molecule has 5 nitrogen and oxygen atoms in total. The average Bonchev–Trinajstić information content (AvgIpc) is 3.20. The number of rotatable bonds is 6. The van der Waals surface area contributed by atoms with Crippen LogP contribution in [-0.2, 0) is 11.2 Å². The lowest BCUT2D eigenvalue weighted by atomic mass is 10.3. The number of aromatic amines is 1. The summed E-state index contributed by atoms with van der Waals surface area (Å²) in [5.74, 6) is 0.675. The zero-order chi connectivity index (χ0) is 16.9. The maximum atomic E-state index is 12.3. The first-order chi connectivity index (χ1) is 11.6. The van der Waals surface area contributed by atoms with Gasteiger partial charge >= 0.3 is 0 Å². The molecule has 1 unspecified atom stereocenters. The van der Waals surface area contributed by atoms with Crippen molar-refractivity contribution in [3.63, 3.8) is 0 Å². The van der Waals surface area contributed by atoms with E-state index in [0.29, 0.717) is 22.3 Å². The van der Waals surface area contributed by atoms with Gasteiger partial charge in [-0.25, -0.2) is 4.98 Å². The Kier molecular flexibility index (Phi) is 5.55. The van der Waals surface area contributed by atoms with Gasteiger partial charge < -0.3 is 5.32 Å². The van der Waals surface area contributed by atoms with Gasteiger partial charge in [0.05, 0.1) is 5.25 Å². The van der Waals surface area contributed by atoms with Crippen molar-refractivity contribution in [2.24, 2.45) is 0 Å². The maximum Gasteiger partial charge on any atom is 0.237 e. The molecule has 2 heterocycles. The van der Waals surface area contributed by atoms with E-state index in [-0.39, 0.29) is 11.2 Å². The number of nitrogens with one attached hydrogen (secondary N) is 2. The summed E-state index contributed by atoms with van der Waals surface area (Å²) in [5, 5.41) is 12.8. The first kappa shape index (κ1) is 17.0. The fourth-order valence-corrected chi connectivity index (χ4v) is 3.65. The van der Waals surface area contributed by atoms with Crippen molar-refractivity contribution in [3.05, 3.63) is 57.5 Å². The number of H-pyrrole nitrogens is 1. The van der Waals surface area contributed by atoms with Crippen LogP contribution in [0.3, 0.4) is 0 Å². The van der Waals surface area contributed by atoms with Crippen molar-refractivity contribution in [1.82, 2.24) is 15.2 Å². The Labute approximate surface area is 152 Å². The van der Waals surface area contributed by atoms with Gasteiger partial charge in [0.1, 0.15) is 5.82 Å². The topological polar surface area (TPSA) is 70.7 Å². The van der Waals surface area contributed by atoms with E-state index < -0.39 is 0 Å². The summed E-state index contributed by atoms with van der Waals surface area (Å²) in [6, 6.07) is 11.1. The molecule has 124 valence electrons. The van der Waals surface area contributed by atoms with E-state index in [1.54, 1.807) is 35.6 Å². The second-order valence-electron chi connectivity index (χ2n) is 5.08. The Hall–Kier alpha value is -1.83. The van der Waals surface area contributed by atoms with E-state index in [2.05, 4.69) is 26.6 Å². The first-order valence-electron chi connectivity index (χ1n) is 7.27. The molecule has 0 fully saturated rings. The number of aromatic nitrogens is 3. The smallest absolute Gasteiger partial charge is 0.237 e. The number of thiophene rings is 1. The molecule has 0 spiro atoms. The highest BCUT2D eigenvalue weighted by molar-refractivity contribution is 8.00. The molecule has 8 heteroatoms. The van der Waals surface area contributed by atoms with Crippen molar-refractivity contribution in [1.29, 1.82) is 0 Å². The molecule has 1 amide bonds. The highest BCUT2D eigenvalue weighted by Crippen LogP contribution is 2.22. The van der Waals surface area contributed by atoms with Gasteiger partial charge in [-0.2, -0.15) is 0 Å². The summed E-state index contributed by atoms with van der Waals surface area (Å²) < 4.78 is 0. The largest absolute Gasteiger partial charge is 0.325 e. The van der Waals surface area contributed by atoms with Gasteiger partial charge in [-0.05, 0) is 36.6 Å². The number of thioether (sulfide) groups is 1. The number of carbonyl (C=O) groups excluding carboxylic acids is 1. The van der Waals surface area contributed by atoms with E-state index in [9.17, 15) is 4.79 Å². The molecule has 0 radical (unpaired) electrons. The van der Waals surface area contributed by atoms with Crippen LogP contribution in [0.4, 0.5) is 5.69 Å². The Balaban J connectivity index is 1.57. The molecule has 0 aliphatic carbocycles. The summed E-state index contributed by atoms with van der Waals surface area (Å²) >= 11 is 8.91. The van der Waals surface area contributed by atoms with Crippen LogP contribution in [0.5, 0.6) is 0 Å². The minimum Gasteiger partial charge on any atom is -0.325 e. The fourth-order valence-electron chi connectivity index (χ4n) is 2.01. The number of hydrogen-bond acceptors (Lipinski definition) is 5. The van der Waals surface area contributed by atoms with E-state index in [0.717, 1.165) is 5.82 Å². The second-order valence-corrected chi connectivity index (χ2v) is 7.86. The third kappa shape index (κ3) is 4.59. The first-order valence-corrected chi connectivity index (χ1v) is 9.40. The molecule has 0 aliphatic rings. The van der Waals surface area contributed by atoms with Crippen LogP contribution in [0.1, 0.15) is 17.6 Å². The van der Waals surface area contributed by atoms with E-state index in [1.807, 2.05) is 18.4 Å². The molecule has 0 saturated carbocycles. The molecule has 1 aromatic carbocycles. The Morgan fingerprint density at radius 2 is 2.29 bits per heavy atom. The van der Waals surface area contributed by atoms with Gasteiger partial charge in [-0.3, -0.25) is 9.89 Å². The van der Waals surface area contributed by atoms with Crippen LogP contribution in [0.2, 0.25) is 5.02 Å². The van der Waals surface area contributed by atoms with E-state index in [4.69, 9.17) is 11.6 Å². The number of benzene rings is 1. The molecule has 2 N–H and O–H groups in total. The molecular formula is C16H15ClN4OS2. The van der Waals surface area contributed by atoms with Crippen molar-refractivity contribution < 1.29 is 4.79 Å². The minimum atomic E-state index is -0.325. The number of anilines is 1. The summed E-state index contributed by atoms with van der Waals surface area (Å²) in [6.07, 6.45) is 0.717. The molecule has 24 heavy (non-hydrogen) atoms. The van der Waals surface area contributed by atoms with Crippen molar-refractivity contribution in [2.75, 3.05) is 5.32 Å². The molecular weight excluding hydrogens is 364 g/mol. The van der Waals surface area contributed by atoms with Crippen LogP contribution >= 0.6 is 34.7 Å². The zero-order valence-electron chi connectivity index (χ0n) is 12.8. The van der Waals surface area contributed by atoms with Gasteiger partial charge in [0.2, 0.25) is 11.1 Å².